The Labute approximate surface area is 295 Å². The Morgan fingerprint density at radius 1 is 0.780 bits per heavy atom. The van der Waals surface area contributed by atoms with Crippen LogP contribution in [0.4, 0.5) is 0 Å². The van der Waals surface area contributed by atoms with E-state index in [1.54, 1.807) is 25.6 Å². The van der Waals surface area contributed by atoms with Gasteiger partial charge in [0.2, 0.25) is 41.1 Å². The Kier molecular flexibility index (Phi) is 8.51. The molecule has 0 saturated heterocycles. The smallest absolute Gasteiger partial charge is 0.275 e. The first-order valence-electron chi connectivity index (χ1n) is 15.0. The number of thioether (sulfide) groups is 1. The van der Waals surface area contributed by atoms with E-state index in [9.17, 15) is 9.59 Å². The molecule has 17 nitrogen and oxygen atoms in total. The van der Waals surface area contributed by atoms with Gasteiger partial charge < -0.3 is 41.9 Å². The van der Waals surface area contributed by atoms with Crippen molar-refractivity contribution in [3.05, 3.63) is 59.7 Å². The van der Waals surface area contributed by atoms with Crippen molar-refractivity contribution in [2.75, 3.05) is 18.2 Å². The van der Waals surface area contributed by atoms with Crippen LogP contribution >= 0.6 is 27.7 Å². The highest BCUT2D eigenvalue weighted by atomic mass is 79.9. The number of methoxy groups -OCH3 is 1. The van der Waals surface area contributed by atoms with Crippen LogP contribution in [0.2, 0.25) is 0 Å². The van der Waals surface area contributed by atoms with Crippen molar-refractivity contribution >= 4 is 39.5 Å². The highest BCUT2D eigenvalue weighted by Crippen LogP contribution is 2.34. The molecule has 19 heteroatoms. The number of carbonyl (C=O) groups excluding carboxylic acids is 2. The fourth-order valence-electron chi connectivity index (χ4n) is 4.81. The molecule has 2 atom stereocenters. The number of amides is 2. The van der Waals surface area contributed by atoms with Crippen molar-refractivity contribution < 1.29 is 40.8 Å². The predicted octanol–water partition coefficient (Wildman–Crippen LogP) is 5.84. The molecule has 0 aromatic carbocycles. The first-order valence-corrected chi connectivity index (χ1v) is 17.1. The summed E-state index contributed by atoms with van der Waals surface area (Å²) in [7, 11) is 1.37. The fraction of sp³-hybridized carbons (Fsp3) is 0.355. The minimum Gasteiger partial charge on any atom is -0.444 e. The van der Waals surface area contributed by atoms with Gasteiger partial charge in [-0.2, -0.15) is 11.8 Å². The van der Waals surface area contributed by atoms with E-state index in [2.05, 4.69) is 77.2 Å². The molecular formula is C31H29BrN8O9S. The summed E-state index contributed by atoms with van der Waals surface area (Å²) in [6.45, 7) is 9.56. The summed E-state index contributed by atoms with van der Waals surface area (Å²) in [5.74, 6) is 0.426. The lowest BCUT2D eigenvalue weighted by molar-refractivity contribution is -0.0378. The van der Waals surface area contributed by atoms with Gasteiger partial charge in [-0.3, -0.25) is 9.59 Å². The average Bonchev–Trinajstić information content (AvgIpc) is 3.92. The zero-order valence-electron chi connectivity index (χ0n) is 27.4. The van der Waals surface area contributed by atoms with Crippen molar-refractivity contribution in [1.82, 2.24) is 40.5 Å². The third kappa shape index (κ3) is 6.27. The Morgan fingerprint density at radius 3 is 2.06 bits per heavy atom. The summed E-state index contributed by atoms with van der Waals surface area (Å²) in [6, 6.07) is -0.674. The highest BCUT2D eigenvalue weighted by Gasteiger charge is 2.40. The largest absolute Gasteiger partial charge is 0.444 e. The SMILES string of the molecule is CO[C@@]1(CBr)NC(=O)c2coc(n2)-c2nc(oc2C)-c2nc(oc2C)[C@H](CSC(C)(C)C)NC(=O)c2coc(n2)-c2coc(n2)-c2coc1n2. The van der Waals surface area contributed by atoms with Gasteiger partial charge in [-0.05, 0) is 13.8 Å². The Morgan fingerprint density at radius 2 is 1.36 bits per heavy atom. The normalized spacial score (nSPS) is 18.1. The van der Waals surface area contributed by atoms with Crippen molar-refractivity contribution in [2.24, 2.45) is 0 Å². The zero-order valence-corrected chi connectivity index (χ0v) is 29.8. The monoisotopic (exact) mass is 768 g/mol. The molecule has 6 aromatic heterocycles. The number of oxazole rings is 6. The molecule has 2 amide bonds. The molecular weight excluding hydrogens is 740 g/mol. The number of hydrogen-bond donors (Lipinski definition) is 2. The summed E-state index contributed by atoms with van der Waals surface area (Å²) < 4.78 is 40.2. The van der Waals surface area contributed by atoms with Gasteiger partial charge in [0.05, 0.1) is 5.33 Å². The van der Waals surface area contributed by atoms with Crippen LogP contribution in [0, 0.1) is 13.8 Å². The van der Waals surface area contributed by atoms with Gasteiger partial charge in [0.15, 0.2) is 34.2 Å². The molecule has 1 aliphatic heterocycles. The number of hydrogen-bond acceptors (Lipinski definition) is 16. The van der Waals surface area contributed by atoms with Crippen molar-refractivity contribution in [1.29, 1.82) is 0 Å². The maximum Gasteiger partial charge on any atom is 0.275 e. The van der Waals surface area contributed by atoms with Crippen molar-refractivity contribution in [3.8, 4) is 46.3 Å². The Balaban J connectivity index is 1.32. The lowest BCUT2D eigenvalue weighted by Gasteiger charge is -2.27. The van der Waals surface area contributed by atoms with E-state index >= 15 is 0 Å². The quantitative estimate of drug-likeness (QED) is 0.201. The second kappa shape index (κ2) is 12.7. The van der Waals surface area contributed by atoms with Crippen LogP contribution in [0.15, 0.2) is 51.6 Å². The molecule has 0 radical (unpaired) electrons. The van der Waals surface area contributed by atoms with Gasteiger partial charge in [-0.1, -0.05) is 36.7 Å². The minimum absolute atomic E-state index is 0.00628. The fourth-order valence-corrected chi connectivity index (χ4v) is 6.32. The molecule has 2 N–H and O–H groups in total. The van der Waals surface area contributed by atoms with E-state index in [4.69, 9.17) is 31.2 Å². The third-order valence-corrected chi connectivity index (χ3v) is 9.57. The number of aromatic nitrogens is 6. The van der Waals surface area contributed by atoms with E-state index in [0.717, 1.165) is 0 Å². The van der Waals surface area contributed by atoms with Crippen LogP contribution in [-0.4, -0.2) is 64.7 Å². The number of ether oxygens (including phenoxy) is 1. The molecule has 0 unspecified atom stereocenters. The second-order valence-corrected chi connectivity index (χ2v) is 14.5. The van der Waals surface area contributed by atoms with Crippen LogP contribution < -0.4 is 10.6 Å². The number of fused-ring (bicyclic) bond motifs is 16. The van der Waals surface area contributed by atoms with Gasteiger partial charge in [-0.25, -0.2) is 29.9 Å². The standard InChI is InChI=1S/C31H29BrN8O9S/c1-13-20-27-35-16(8-46-27)23(42)40-31(12-32,43-6)29-37-18(10-47-29)25-36-17(9-45-25)24-34-15(7-44-24)22(41)33-19(11-50-30(3,4)5)26-38-21(14(2)48-26)28(39-20)49-13/h7-10,19H,11-12H2,1-6H3,(H,33,41)(H,40,42)/t19-,31+/m0/s1. The Hall–Kier alpha value is -5.01. The summed E-state index contributed by atoms with van der Waals surface area (Å²) in [5.41, 5.74) is -0.730. The zero-order chi connectivity index (χ0) is 35.4. The van der Waals surface area contributed by atoms with Crippen LogP contribution in [0.3, 0.4) is 0 Å². The van der Waals surface area contributed by atoms with Gasteiger partial charge in [0.1, 0.15) is 42.6 Å². The summed E-state index contributed by atoms with van der Waals surface area (Å²) in [5, 5.41) is 5.75. The number of nitrogens with zero attached hydrogens (tertiary/aromatic N) is 6. The molecule has 12 bridgehead atoms. The molecule has 0 saturated carbocycles. The lowest BCUT2D eigenvalue weighted by Crippen LogP contribution is -2.49. The molecule has 260 valence electrons. The van der Waals surface area contributed by atoms with Crippen molar-refractivity contribution in [2.45, 2.75) is 51.1 Å². The number of rotatable bonds is 4. The number of carbonyl (C=O) groups is 2. The predicted molar refractivity (Wildman–Crippen MR) is 177 cm³/mol. The van der Waals surface area contributed by atoms with E-state index < -0.39 is 23.6 Å². The molecule has 7 heterocycles. The van der Waals surface area contributed by atoms with Crippen LogP contribution in [0.1, 0.15) is 71.1 Å². The summed E-state index contributed by atoms with van der Waals surface area (Å²) in [4.78, 5) is 53.8. The minimum atomic E-state index is -1.58. The third-order valence-electron chi connectivity index (χ3n) is 7.42. The van der Waals surface area contributed by atoms with Gasteiger partial charge in [0.25, 0.3) is 11.8 Å². The molecule has 0 fully saturated rings. The van der Waals surface area contributed by atoms with Crippen molar-refractivity contribution in [3.63, 3.8) is 0 Å². The number of nitrogens with one attached hydrogen (secondary N) is 2. The van der Waals surface area contributed by atoms with Crippen LogP contribution in [0.5, 0.6) is 0 Å². The van der Waals surface area contributed by atoms with E-state index in [-0.39, 0.29) is 73.9 Å². The Bertz CT molecular complexity index is 2200. The maximum atomic E-state index is 13.5. The number of aryl methyl sites for hydroxylation is 2. The van der Waals surface area contributed by atoms with Gasteiger partial charge in [0, 0.05) is 17.6 Å². The molecule has 0 aliphatic carbocycles. The van der Waals surface area contributed by atoms with Gasteiger partial charge >= 0.3 is 0 Å². The molecule has 7 rings (SSSR count). The topological polar surface area (TPSA) is 224 Å². The van der Waals surface area contributed by atoms with E-state index in [1.807, 2.05) is 0 Å². The first kappa shape index (κ1) is 33.5. The molecule has 0 spiro atoms. The van der Waals surface area contributed by atoms with Gasteiger partial charge in [-0.15, -0.1) is 0 Å². The van der Waals surface area contributed by atoms with Crippen LogP contribution in [-0.2, 0) is 10.5 Å². The lowest BCUT2D eigenvalue weighted by atomic mass is 10.2. The first-order chi connectivity index (χ1) is 23.9. The summed E-state index contributed by atoms with van der Waals surface area (Å²) in [6.07, 6.45) is 4.98. The molecule has 1 aliphatic rings. The highest BCUT2D eigenvalue weighted by molar-refractivity contribution is 9.09. The second-order valence-electron chi connectivity index (χ2n) is 12.1. The van der Waals surface area contributed by atoms with E-state index in [1.165, 1.54) is 32.2 Å². The molecule has 6 aromatic rings. The van der Waals surface area contributed by atoms with Crippen LogP contribution in [0.25, 0.3) is 46.3 Å². The maximum absolute atomic E-state index is 13.5. The number of alkyl halides is 1. The number of halogens is 1. The average molecular weight is 770 g/mol. The van der Waals surface area contributed by atoms with E-state index in [0.29, 0.717) is 23.0 Å². The summed E-state index contributed by atoms with van der Waals surface area (Å²) >= 11 is 4.99. The molecule has 50 heavy (non-hydrogen) atoms.